The Morgan fingerprint density at radius 2 is 1.86 bits per heavy atom. The molecule has 1 aromatic heterocycles. The minimum Gasteiger partial charge on any atom is -0.366 e. The van der Waals surface area contributed by atoms with Crippen molar-refractivity contribution in [2.24, 2.45) is 5.73 Å². The molecule has 3 aromatic rings. The molecule has 0 spiro atoms. The van der Waals surface area contributed by atoms with E-state index in [1.54, 1.807) is 23.2 Å². The number of carbonyl (C=O) groups excluding carboxylic acids is 2. The Morgan fingerprint density at radius 3 is 2.47 bits per heavy atom. The van der Waals surface area contributed by atoms with E-state index in [0.717, 1.165) is 23.8 Å². The molecule has 1 aliphatic heterocycles. The van der Waals surface area contributed by atoms with Crippen LogP contribution in [0.15, 0.2) is 60.8 Å². The molecule has 2 N–H and O–H groups in total. The van der Waals surface area contributed by atoms with Crippen LogP contribution in [0.1, 0.15) is 39.6 Å². The summed E-state index contributed by atoms with van der Waals surface area (Å²) in [5.41, 5.74) is 7.31. The number of benzene rings is 2. The van der Waals surface area contributed by atoms with Gasteiger partial charge in [0.05, 0.1) is 27.4 Å². The third-order valence-corrected chi connectivity index (χ3v) is 6.61. The highest BCUT2D eigenvalue weighted by molar-refractivity contribution is 6.33. The molecular weight excluding hydrogens is 493 g/mol. The number of hydrogen-bond acceptors (Lipinski definition) is 4. The molecule has 0 bridgehead atoms. The van der Waals surface area contributed by atoms with E-state index >= 15 is 0 Å². The Kier molecular flexibility index (Phi) is 7.21. The largest absolute Gasteiger partial charge is 0.416 e. The number of pyridine rings is 1. The van der Waals surface area contributed by atoms with E-state index < -0.39 is 23.6 Å². The predicted octanol–water partition coefficient (Wildman–Crippen LogP) is 5.26. The Hall–Kier alpha value is -3.59. The van der Waals surface area contributed by atoms with Gasteiger partial charge in [0.2, 0.25) is 0 Å². The SMILES string of the molecule is CC[C@@H]1CN(C(=O)c2ccc(C(F)(F)F)cc2Cl)CCN1c1ccc(-c2ccccn2)cc1C(N)=O. The Morgan fingerprint density at radius 1 is 1.08 bits per heavy atom. The number of alkyl halides is 3. The van der Waals surface area contributed by atoms with E-state index in [4.69, 9.17) is 17.3 Å². The summed E-state index contributed by atoms with van der Waals surface area (Å²) in [5, 5.41) is -0.244. The molecular formula is C26H24ClF3N4O2. The van der Waals surface area contributed by atoms with Gasteiger partial charge in [-0.2, -0.15) is 13.2 Å². The van der Waals surface area contributed by atoms with Crippen molar-refractivity contribution in [1.29, 1.82) is 0 Å². The number of anilines is 1. The molecule has 2 aromatic carbocycles. The third-order valence-electron chi connectivity index (χ3n) is 6.30. The molecule has 0 unspecified atom stereocenters. The van der Waals surface area contributed by atoms with E-state index in [1.807, 2.05) is 36.1 Å². The van der Waals surface area contributed by atoms with Crippen LogP contribution in [0.5, 0.6) is 0 Å². The minimum atomic E-state index is -4.55. The maximum Gasteiger partial charge on any atom is 0.416 e. The lowest BCUT2D eigenvalue weighted by atomic mass is 10.0. The molecule has 10 heteroatoms. The molecule has 2 heterocycles. The van der Waals surface area contributed by atoms with Gasteiger partial charge in [0, 0.05) is 43.1 Å². The molecule has 0 saturated carbocycles. The molecule has 0 aliphatic carbocycles. The number of amides is 2. The number of aromatic nitrogens is 1. The summed E-state index contributed by atoms with van der Waals surface area (Å²) < 4.78 is 38.9. The van der Waals surface area contributed by atoms with Crippen LogP contribution in [0.4, 0.5) is 18.9 Å². The molecule has 2 amide bonds. The summed E-state index contributed by atoms with van der Waals surface area (Å²) in [6, 6.07) is 13.5. The number of carbonyl (C=O) groups is 2. The first-order chi connectivity index (χ1) is 17.1. The molecule has 1 atom stereocenters. The molecule has 36 heavy (non-hydrogen) atoms. The van der Waals surface area contributed by atoms with Crippen LogP contribution in [-0.4, -0.2) is 47.4 Å². The van der Waals surface area contributed by atoms with Gasteiger partial charge in [-0.15, -0.1) is 0 Å². The Balaban J connectivity index is 1.58. The molecule has 1 saturated heterocycles. The van der Waals surface area contributed by atoms with Gasteiger partial charge in [0.25, 0.3) is 11.8 Å². The van der Waals surface area contributed by atoms with Gasteiger partial charge in [-0.05, 0) is 48.9 Å². The van der Waals surface area contributed by atoms with Gasteiger partial charge in [0.1, 0.15) is 0 Å². The van der Waals surface area contributed by atoms with Crippen molar-refractivity contribution < 1.29 is 22.8 Å². The first-order valence-corrected chi connectivity index (χ1v) is 11.8. The second-order valence-corrected chi connectivity index (χ2v) is 8.92. The monoisotopic (exact) mass is 516 g/mol. The van der Waals surface area contributed by atoms with Crippen LogP contribution in [0.3, 0.4) is 0 Å². The van der Waals surface area contributed by atoms with Crippen LogP contribution in [0.2, 0.25) is 5.02 Å². The van der Waals surface area contributed by atoms with Crippen molar-refractivity contribution in [2.45, 2.75) is 25.6 Å². The van der Waals surface area contributed by atoms with Gasteiger partial charge >= 0.3 is 6.18 Å². The summed E-state index contributed by atoms with van der Waals surface area (Å²) in [6.45, 7) is 2.98. The summed E-state index contributed by atoms with van der Waals surface area (Å²) in [6.07, 6.45) is -2.22. The van der Waals surface area contributed by atoms with Crippen molar-refractivity contribution in [1.82, 2.24) is 9.88 Å². The number of piperazine rings is 1. The summed E-state index contributed by atoms with van der Waals surface area (Å²) >= 11 is 6.05. The summed E-state index contributed by atoms with van der Waals surface area (Å²) in [7, 11) is 0. The Bertz CT molecular complexity index is 1280. The maximum atomic E-state index is 13.1. The van der Waals surface area contributed by atoms with Crippen LogP contribution < -0.4 is 10.6 Å². The second kappa shape index (κ2) is 10.2. The number of primary amides is 1. The molecule has 0 radical (unpaired) electrons. The highest BCUT2D eigenvalue weighted by Gasteiger charge is 2.34. The van der Waals surface area contributed by atoms with Crippen molar-refractivity contribution in [3.05, 3.63) is 82.5 Å². The molecule has 4 rings (SSSR count). The van der Waals surface area contributed by atoms with Crippen molar-refractivity contribution in [2.75, 3.05) is 24.5 Å². The summed E-state index contributed by atoms with van der Waals surface area (Å²) in [4.78, 5) is 33.4. The van der Waals surface area contributed by atoms with Crippen molar-refractivity contribution >= 4 is 29.1 Å². The highest BCUT2D eigenvalue weighted by atomic mass is 35.5. The smallest absolute Gasteiger partial charge is 0.366 e. The first-order valence-electron chi connectivity index (χ1n) is 11.4. The Labute approximate surface area is 211 Å². The topological polar surface area (TPSA) is 79.5 Å². The number of halogens is 4. The number of nitrogens with two attached hydrogens (primary N) is 1. The lowest BCUT2D eigenvalue weighted by Gasteiger charge is -2.43. The molecule has 1 fully saturated rings. The fraction of sp³-hybridized carbons (Fsp3) is 0.269. The minimum absolute atomic E-state index is 0.0190. The zero-order valence-electron chi connectivity index (χ0n) is 19.4. The van der Waals surface area contributed by atoms with Gasteiger partial charge in [-0.25, -0.2) is 0 Å². The van der Waals surface area contributed by atoms with E-state index in [1.165, 1.54) is 0 Å². The van der Waals surface area contributed by atoms with Crippen LogP contribution in [-0.2, 0) is 6.18 Å². The zero-order chi connectivity index (χ0) is 26.0. The standard InChI is InChI=1S/C26H24ClF3N4O2/c1-2-18-15-33(25(36)19-8-7-17(14-21(19)27)26(28,29)30)11-12-34(18)23-9-6-16(13-20(23)24(31)35)22-5-3-4-10-32-22/h3-10,13-14,18H,2,11-12,15H2,1H3,(H2,31,35)/t18-/m1/s1. The van der Waals surface area contributed by atoms with Gasteiger partial charge in [0.15, 0.2) is 0 Å². The third kappa shape index (κ3) is 5.16. The lowest BCUT2D eigenvalue weighted by Crippen LogP contribution is -2.55. The predicted molar refractivity (Wildman–Crippen MR) is 132 cm³/mol. The van der Waals surface area contributed by atoms with Gasteiger partial charge in [-0.3, -0.25) is 14.6 Å². The molecule has 1 aliphatic rings. The quantitative estimate of drug-likeness (QED) is 0.501. The van der Waals surface area contributed by atoms with Crippen LogP contribution >= 0.6 is 11.6 Å². The number of rotatable bonds is 5. The highest BCUT2D eigenvalue weighted by Crippen LogP contribution is 2.34. The van der Waals surface area contributed by atoms with Crippen molar-refractivity contribution in [3.8, 4) is 11.3 Å². The van der Waals surface area contributed by atoms with E-state index in [9.17, 15) is 22.8 Å². The normalized spacial score (nSPS) is 16.2. The summed E-state index contributed by atoms with van der Waals surface area (Å²) in [5.74, 6) is -1.01. The number of hydrogen-bond donors (Lipinski definition) is 1. The van der Waals surface area contributed by atoms with Crippen molar-refractivity contribution in [3.63, 3.8) is 0 Å². The average molecular weight is 517 g/mol. The average Bonchev–Trinajstić information content (AvgIpc) is 2.87. The van der Waals surface area contributed by atoms with Gasteiger partial charge in [-0.1, -0.05) is 30.7 Å². The molecule has 6 nitrogen and oxygen atoms in total. The van der Waals surface area contributed by atoms with E-state index in [0.29, 0.717) is 43.0 Å². The second-order valence-electron chi connectivity index (χ2n) is 8.51. The fourth-order valence-corrected chi connectivity index (χ4v) is 4.68. The maximum absolute atomic E-state index is 13.1. The number of nitrogens with zero attached hydrogens (tertiary/aromatic N) is 3. The zero-order valence-corrected chi connectivity index (χ0v) is 20.2. The van der Waals surface area contributed by atoms with E-state index in [-0.39, 0.29) is 16.6 Å². The lowest BCUT2D eigenvalue weighted by molar-refractivity contribution is -0.137. The van der Waals surface area contributed by atoms with Crippen LogP contribution in [0, 0.1) is 0 Å². The van der Waals surface area contributed by atoms with Crippen LogP contribution in [0.25, 0.3) is 11.3 Å². The fourth-order valence-electron chi connectivity index (χ4n) is 4.42. The molecule has 188 valence electrons. The van der Waals surface area contributed by atoms with E-state index in [2.05, 4.69) is 4.98 Å². The van der Waals surface area contributed by atoms with Gasteiger partial charge < -0.3 is 15.5 Å². The first kappa shape index (κ1) is 25.5.